The summed E-state index contributed by atoms with van der Waals surface area (Å²) in [6.07, 6.45) is 2.67. The second kappa shape index (κ2) is 5.41. The van der Waals surface area contributed by atoms with Crippen LogP contribution in [0.25, 0.3) is 5.69 Å². The van der Waals surface area contributed by atoms with Gasteiger partial charge in [-0.1, -0.05) is 18.2 Å². The highest BCUT2D eigenvalue weighted by Gasteiger charge is 2.33. The molecule has 0 radical (unpaired) electrons. The zero-order valence-electron chi connectivity index (χ0n) is 13.5. The fraction of sp³-hybridized carbons (Fsp3) is 0.222. The Hall–Kier alpha value is -3.22. The second-order valence-electron chi connectivity index (χ2n) is 6.12. The zero-order valence-corrected chi connectivity index (χ0v) is 13.5. The fourth-order valence-electron chi connectivity index (χ4n) is 3.42. The van der Waals surface area contributed by atoms with Gasteiger partial charge < -0.3 is 0 Å². The molecule has 2 aliphatic heterocycles. The van der Waals surface area contributed by atoms with E-state index in [1.165, 1.54) is 4.68 Å². The van der Waals surface area contributed by atoms with Crippen LogP contribution in [0.2, 0.25) is 0 Å². The van der Waals surface area contributed by atoms with Gasteiger partial charge in [0.25, 0.3) is 0 Å². The summed E-state index contributed by atoms with van der Waals surface area (Å²) in [4.78, 5) is 24.0. The zero-order chi connectivity index (χ0) is 16.8. The van der Waals surface area contributed by atoms with Gasteiger partial charge in [0.1, 0.15) is 5.84 Å². The van der Waals surface area contributed by atoms with Crippen molar-refractivity contribution in [3.8, 4) is 5.69 Å². The molecule has 0 aliphatic carbocycles. The van der Waals surface area contributed by atoms with Crippen molar-refractivity contribution in [2.45, 2.75) is 13.0 Å². The van der Waals surface area contributed by atoms with Crippen LogP contribution in [0, 0.1) is 0 Å². The number of benzene rings is 1. The van der Waals surface area contributed by atoms with Crippen molar-refractivity contribution in [2.75, 3.05) is 18.0 Å². The van der Waals surface area contributed by atoms with Crippen molar-refractivity contribution in [3.63, 3.8) is 0 Å². The van der Waals surface area contributed by atoms with Gasteiger partial charge in [-0.3, -0.25) is 14.9 Å². The lowest BCUT2D eigenvalue weighted by Crippen LogP contribution is -2.42. The first kappa shape index (κ1) is 14.2. The van der Waals surface area contributed by atoms with Gasteiger partial charge in [-0.05, 0) is 30.7 Å². The second-order valence-corrected chi connectivity index (χ2v) is 6.12. The van der Waals surface area contributed by atoms with Crippen molar-refractivity contribution >= 4 is 11.8 Å². The highest BCUT2D eigenvalue weighted by Crippen LogP contribution is 2.29. The van der Waals surface area contributed by atoms with Crippen LogP contribution in [0.3, 0.4) is 0 Å². The number of pyridine rings is 1. The Balaban J connectivity index is 1.70. The van der Waals surface area contributed by atoms with E-state index in [0.29, 0.717) is 12.5 Å². The number of fused-ring (bicyclic) bond motifs is 6. The Morgan fingerprint density at radius 1 is 1.08 bits per heavy atom. The van der Waals surface area contributed by atoms with E-state index in [1.54, 1.807) is 10.8 Å². The van der Waals surface area contributed by atoms with Crippen LogP contribution >= 0.6 is 0 Å². The molecule has 3 aromatic rings. The number of rotatable bonds is 2. The molecule has 124 valence electrons. The lowest BCUT2D eigenvalue weighted by molar-refractivity contribution is 0.641. The van der Waals surface area contributed by atoms with Crippen molar-refractivity contribution in [2.24, 2.45) is 4.99 Å². The van der Waals surface area contributed by atoms with Gasteiger partial charge in [0.05, 0.1) is 17.9 Å². The molecular formula is C18H16N6O. The van der Waals surface area contributed by atoms with Crippen LogP contribution in [0.15, 0.2) is 58.4 Å². The number of amidine groups is 1. The summed E-state index contributed by atoms with van der Waals surface area (Å²) in [5, 5.41) is 4.60. The van der Waals surface area contributed by atoms with E-state index < -0.39 is 0 Å². The number of hydrogen-bond donors (Lipinski definition) is 0. The summed E-state index contributed by atoms with van der Waals surface area (Å²) in [6.45, 7) is 1.97. The van der Waals surface area contributed by atoms with Crippen LogP contribution in [0.5, 0.6) is 0 Å². The first-order valence-electron chi connectivity index (χ1n) is 8.34. The van der Waals surface area contributed by atoms with E-state index in [4.69, 9.17) is 0 Å². The molecule has 0 atom stereocenters. The molecule has 4 heterocycles. The van der Waals surface area contributed by atoms with E-state index in [0.717, 1.165) is 42.3 Å². The maximum atomic E-state index is 13.0. The predicted molar refractivity (Wildman–Crippen MR) is 94.5 cm³/mol. The third-order valence-corrected chi connectivity index (χ3v) is 4.54. The Kier molecular flexibility index (Phi) is 3.06. The molecule has 0 saturated heterocycles. The number of nitrogens with zero attached hydrogens (tertiary/aromatic N) is 6. The molecule has 2 aliphatic rings. The van der Waals surface area contributed by atoms with Gasteiger partial charge in [0, 0.05) is 24.8 Å². The Labute approximate surface area is 143 Å². The number of aromatic nitrogens is 4. The third-order valence-electron chi connectivity index (χ3n) is 4.54. The topological polar surface area (TPSA) is 68.3 Å². The highest BCUT2D eigenvalue weighted by molar-refractivity contribution is 6.13. The molecule has 0 fully saturated rings. The van der Waals surface area contributed by atoms with Gasteiger partial charge >= 0.3 is 5.69 Å². The first-order valence-corrected chi connectivity index (χ1v) is 8.34. The maximum Gasteiger partial charge on any atom is 0.352 e. The highest BCUT2D eigenvalue weighted by atomic mass is 16.2. The Morgan fingerprint density at radius 3 is 2.84 bits per heavy atom. The lowest BCUT2D eigenvalue weighted by atomic mass is 10.1. The monoisotopic (exact) mass is 332 g/mol. The van der Waals surface area contributed by atoms with E-state index in [2.05, 4.69) is 15.1 Å². The first-order chi connectivity index (χ1) is 12.3. The average Bonchev–Trinajstić information content (AvgIpc) is 3.00. The van der Waals surface area contributed by atoms with E-state index in [9.17, 15) is 4.79 Å². The van der Waals surface area contributed by atoms with Crippen molar-refractivity contribution in [1.82, 2.24) is 19.3 Å². The van der Waals surface area contributed by atoms with Gasteiger partial charge in [-0.25, -0.2) is 14.0 Å². The van der Waals surface area contributed by atoms with Crippen molar-refractivity contribution in [3.05, 3.63) is 70.4 Å². The normalized spacial score (nSPS) is 15.2. The summed E-state index contributed by atoms with van der Waals surface area (Å²) in [6, 6.07) is 13.5. The predicted octanol–water partition coefficient (Wildman–Crippen LogP) is 1.45. The number of hydrogen-bond acceptors (Lipinski definition) is 5. The van der Waals surface area contributed by atoms with Crippen LogP contribution in [0.1, 0.15) is 17.7 Å². The molecule has 2 aromatic heterocycles. The molecule has 7 heteroatoms. The summed E-state index contributed by atoms with van der Waals surface area (Å²) in [7, 11) is 0. The van der Waals surface area contributed by atoms with Crippen LogP contribution in [-0.4, -0.2) is 38.3 Å². The average molecular weight is 332 g/mol. The Bertz CT molecular complexity index is 1030. The van der Waals surface area contributed by atoms with Crippen LogP contribution in [0.4, 0.5) is 5.95 Å². The van der Waals surface area contributed by atoms with Crippen LogP contribution in [-0.2, 0) is 6.54 Å². The summed E-state index contributed by atoms with van der Waals surface area (Å²) >= 11 is 0. The van der Waals surface area contributed by atoms with E-state index in [-0.39, 0.29) is 5.69 Å². The number of aliphatic imine (C=N–C) groups is 1. The van der Waals surface area contributed by atoms with Crippen molar-refractivity contribution in [1.29, 1.82) is 0 Å². The van der Waals surface area contributed by atoms with Gasteiger partial charge in [-0.2, -0.15) is 0 Å². The van der Waals surface area contributed by atoms with Crippen molar-refractivity contribution < 1.29 is 0 Å². The molecule has 0 saturated carbocycles. The third kappa shape index (κ3) is 2.12. The van der Waals surface area contributed by atoms with E-state index >= 15 is 0 Å². The number of anilines is 1. The maximum absolute atomic E-state index is 13.0. The summed E-state index contributed by atoms with van der Waals surface area (Å²) in [5.74, 6) is 1.54. The molecular weight excluding hydrogens is 316 g/mol. The molecule has 25 heavy (non-hydrogen) atoms. The summed E-state index contributed by atoms with van der Waals surface area (Å²) in [5.41, 5.74) is 2.47. The van der Waals surface area contributed by atoms with E-state index in [1.807, 2.05) is 47.4 Å². The minimum atomic E-state index is -0.155. The molecule has 0 spiro atoms. The van der Waals surface area contributed by atoms with Gasteiger partial charge in [-0.15, -0.1) is 5.10 Å². The smallest absolute Gasteiger partial charge is 0.294 e. The molecule has 0 bridgehead atoms. The summed E-state index contributed by atoms with van der Waals surface area (Å²) < 4.78 is 3.16. The SMILES string of the molecule is O=c1n(Cc2ccccn2)nc2n1-c1ccccc1C1=NCCCN12. The molecule has 0 amide bonds. The largest absolute Gasteiger partial charge is 0.352 e. The molecule has 0 unspecified atom stereocenters. The molecule has 0 N–H and O–H groups in total. The standard InChI is InChI=1S/C18H16N6O/c25-18-23(12-13-6-3-4-9-19-13)21-17-22-11-5-10-20-16(22)14-7-1-2-8-15(14)24(17)18/h1-4,6-9H,5,10-12H2. The minimum Gasteiger partial charge on any atom is -0.294 e. The molecule has 5 rings (SSSR count). The van der Waals surface area contributed by atoms with Crippen LogP contribution < -0.4 is 10.6 Å². The fourth-order valence-corrected chi connectivity index (χ4v) is 3.42. The lowest BCUT2D eigenvalue weighted by Gasteiger charge is -2.33. The number of para-hydroxylation sites is 1. The molecule has 1 aromatic carbocycles. The van der Waals surface area contributed by atoms with Gasteiger partial charge in [0.2, 0.25) is 5.95 Å². The minimum absolute atomic E-state index is 0.155. The Morgan fingerprint density at radius 2 is 1.96 bits per heavy atom. The van der Waals surface area contributed by atoms with Gasteiger partial charge in [0.15, 0.2) is 0 Å². The quantitative estimate of drug-likeness (QED) is 0.712. The molecule has 7 nitrogen and oxygen atoms in total.